The van der Waals surface area contributed by atoms with Gasteiger partial charge in [-0.25, -0.2) is 4.68 Å². The van der Waals surface area contributed by atoms with E-state index >= 15 is 0 Å². The van der Waals surface area contributed by atoms with Gasteiger partial charge in [0.2, 0.25) is 0 Å². The summed E-state index contributed by atoms with van der Waals surface area (Å²) in [4.78, 5) is 0. The molecule has 90 valence electrons. The van der Waals surface area contributed by atoms with Gasteiger partial charge in [0.05, 0.1) is 23.8 Å². The number of rotatable bonds is 3. The van der Waals surface area contributed by atoms with Gasteiger partial charge in [-0.1, -0.05) is 12.1 Å². The van der Waals surface area contributed by atoms with Crippen LogP contribution in [0.4, 0.5) is 5.82 Å². The Morgan fingerprint density at radius 2 is 2.00 bits per heavy atom. The van der Waals surface area contributed by atoms with Crippen molar-refractivity contribution < 1.29 is 4.74 Å². The molecule has 2 rings (SSSR count). The number of halogens is 1. The van der Waals surface area contributed by atoms with Gasteiger partial charge in [-0.05, 0) is 40.5 Å². The molecule has 4 nitrogen and oxygen atoms in total. The molecule has 1 aromatic carbocycles. The SMILES string of the molecule is COc1ccc(C(C)n2ncc(Br)c2N)cc1. The molecule has 0 spiro atoms. The Morgan fingerprint density at radius 3 is 2.47 bits per heavy atom. The minimum atomic E-state index is 0.0900. The maximum absolute atomic E-state index is 5.93. The summed E-state index contributed by atoms with van der Waals surface area (Å²) in [5.41, 5.74) is 7.06. The van der Waals surface area contributed by atoms with Crippen LogP contribution in [0.3, 0.4) is 0 Å². The quantitative estimate of drug-likeness (QED) is 0.947. The maximum Gasteiger partial charge on any atom is 0.136 e. The Hall–Kier alpha value is -1.49. The van der Waals surface area contributed by atoms with Gasteiger partial charge in [0, 0.05) is 0 Å². The number of nitrogen functional groups attached to an aromatic ring is 1. The zero-order valence-electron chi connectivity index (χ0n) is 9.72. The first-order chi connectivity index (χ1) is 8.13. The normalized spacial score (nSPS) is 12.4. The lowest BCUT2D eigenvalue weighted by molar-refractivity contribution is 0.414. The highest BCUT2D eigenvalue weighted by Gasteiger charge is 2.13. The van der Waals surface area contributed by atoms with Gasteiger partial charge >= 0.3 is 0 Å². The Balaban J connectivity index is 2.30. The fourth-order valence-corrected chi connectivity index (χ4v) is 1.96. The third kappa shape index (κ3) is 2.29. The summed E-state index contributed by atoms with van der Waals surface area (Å²) >= 11 is 3.35. The first-order valence-corrected chi connectivity index (χ1v) is 6.05. The maximum atomic E-state index is 5.93. The molecule has 1 unspecified atom stereocenters. The second-order valence-corrected chi connectivity index (χ2v) is 4.63. The Kier molecular flexibility index (Phi) is 3.38. The highest BCUT2D eigenvalue weighted by Crippen LogP contribution is 2.26. The molecule has 0 radical (unpaired) electrons. The van der Waals surface area contributed by atoms with E-state index in [9.17, 15) is 0 Å². The highest BCUT2D eigenvalue weighted by molar-refractivity contribution is 9.10. The molecule has 1 heterocycles. The Morgan fingerprint density at radius 1 is 1.35 bits per heavy atom. The van der Waals surface area contributed by atoms with Crippen LogP contribution in [-0.2, 0) is 0 Å². The van der Waals surface area contributed by atoms with Gasteiger partial charge in [-0.3, -0.25) is 0 Å². The summed E-state index contributed by atoms with van der Waals surface area (Å²) in [6, 6.07) is 7.98. The lowest BCUT2D eigenvalue weighted by atomic mass is 10.1. The van der Waals surface area contributed by atoms with E-state index < -0.39 is 0 Å². The average molecular weight is 296 g/mol. The number of ether oxygens (including phenoxy) is 1. The van der Waals surface area contributed by atoms with Crippen molar-refractivity contribution in [2.24, 2.45) is 0 Å². The van der Waals surface area contributed by atoms with Crippen molar-refractivity contribution in [2.45, 2.75) is 13.0 Å². The van der Waals surface area contributed by atoms with E-state index in [4.69, 9.17) is 10.5 Å². The predicted octanol–water partition coefficient (Wildman–Crippen LogP) is 2.85. The fourth-order valence-electron chi connectivity index (χ4n) is 1.68. The van der Waals surface area contributed by atoms with Crippen molar-refractivity contribution in [1.29, 1.82) is 0 Å². The van der Waals surface area contributed by atoms with Crippen LogP contribution >= 0.6 is 15.9 Å². The lowest BCUT2D eigenvalue weighted by Gasteiger charge is -2.14. The molecule has 0 aliphatic heterocycles. The second-order valence-electron chi connectivity index (χ2n) is 3.77. The summed E-state index contributed by atoms with van der Waals surface area (Å²) in [6.45, 7) is 2.05. The average Bonchev–Trinajstić information content (AvgIpc) is 2.69. The Bertz CT molecular complexity index is 507. The molecule has 0 saturated carbocycles. The number of nitrogens with zero attached hydrogens (tertiary/aromatic N) is 2. The van der Waals surface area contributed by atoms with Gasteiger partial charge in [-0.2, -0.15) is 5.10 Å². The molecular formula is C12H14BrN3O. The minimum absolute atomic E-state index is 0.0900. The van der Waals surface area contributed by atoms with Crippen molar-refractivity contribution in [3.8, 4) is 5.75 Å². The van der Waals surface area contributed by atoms with Crippen LogP contribution in [0.1, 0.15) is 18.5 Å². The smallest absolute Gasteiger partial charge is 0.136 e. The van der Waals surface area contributed by atoms with E-state index in [0.29, 0.717) is 5.82 Å². The number of methoxy groups -OCH3 is 1. The van der Waals surface area contributed by atoms with Crippen LogP contribution in [-0.4, -0.2) is 16.9 Å². The number of nitrogens with two attached hydrogens (primary N) is 1. The third-order valence-corrected chi connectivity index (χ3v) is 3.36. The third-order valence-electron chi connectivity index (χ3n) is 2.75. The van der Waals surface area contributed by atoms with Crippen LogP contribution in [0.25, 0.3) is 0 Å². The number of benzene rings is 1. The van der Waals surface area contributed by atoms with Gasteiger partial charge in [0.25, 0.3) is 0 Å². The van der Waals surface area contributed by atoms with E-state index in [2.05, 4.69) is 28.0 Å². The summed E-state index contributed by atoms with van der Waals surface area (Å²) < 4.78 is 7.73. The zero-order chi connectivity index (χ0) is 12.4. The molecule has 0 saturated heterocycles. The van der Waals surface area contributed by atoms with Crippen molar-refractivity contribution >= 4 is 21.7 Å². The van der Waals surface area contributed by atoms with E-state index in [-0.39, 0.29) is 6.04 Å². The molecule has 0 bridgehead atoms. The van der Waals surface area contributed by atoms with Gasteiger partial charge < -0.3 is 10.5 Å². The largest absolute Gasteiger partial charge is 0.497 e. The van der Waals surface area contributed by atoms with E-state index in [1.165, 1.54) is 0 Å². The standard InChI is InChI=1S/C12H14BrN3O/c1-8(16-12(14)11(13)7-15-16)9-3-5-10(17-2)6-4-9/h3-8H,14H2,1-2H3. The zero-order valence-corrected chi connectivity index (χ0v) is 11.3. The number of hydrogen-bond acceptors (Lipinski definition) is 3. The topological polar surface area (TPSA) is 53.1 Å². The van der Waals surface area contributed by atoms with Crippen LogP contribution < -0.4 is 10.5 Å². The molecule has 2 N–H and O–H groups in total. The van der Waals surface area contributed by atoms with Crippen LogP contribution in [0, 0.1) is 0 Å². The summed E-state index contributed by atoms with van der Waals surface area (Å²) in [6.07, 6.45) is 1.70. The molecule has 0 fully saturated rings. The van der Waals surface area contributed by atoms with E-state index in [0.717, 1.165) is 15.8 Å². The predicted molar refractivity (Wildman–Crippen MR) is 71.1 cm³/mol. The van der Waals surface area contributed by atoms with Gasteiger partial charge in [0.15, 0.2) is 0 Å². The van der Waals surface area contributed by atoms with Gasteiger partial charge in [0.1, 0.15) is 11.6 Å². The van der Waals surface area contributed by atoms with Crippen molar-refractivity contribution in [3.63, 3.8) is 0 Å². The van der Waals surface area contributed by atoms with Crippen molar-refractivity contribution in [3.05, 3.63) is 40.5 Å². The summed E-state index contributed by atoms with van der Waals surface area (Å²) in [5, 5.41) is 4.25. The van der Waals surface area contributed by atoms with E-state index in [1.807, 2.05) is 24.3 Å². The number of anilines is 1. The Labute approximate surface area is 109 Å². The minimum Gasteiger partial charge on any atom is -0.497 e. The summed E-state index contributed by atoms with van der Waals surface area (Å²) in [5.74, 6) is 1.48. The molecule has 2 aromatic rings. The van der Waals surface area contributed by atoms with Crippen LogP contribution in [0.2, 0.25) is 0 Å². The molecule has 5 heteroatoms. The number of aromatic nitrogens is 2. The molecular weight excluding hydrogens is 282 g/mol. The molecule has 0 aliphatic rings. The fraction of sp³-hybridized carbons (Fsp3) is 0.250. The highest BCUT2D eigenvalue weighted by atomic mass is 79.9. The van der Waals surface area contributed by atoms with Crippen LogP contribution in [0.15, 0.2) is 34.9 Å². The van der Waals surface area contributed by atoms with Crippen molar-refractivity contribution in [1.82, 2.24) is 9.78 Å². The second kappa shape index (κ2) is 4.79. The first-order valence-electron chi connectivity index (χ1n) is 5.26. The van der Waals surface area contributed by atoms with E-state index in [1.54, 1.807) is 18.0 Å². The molecule has 1 atom stereocenters. The lowest BCUT2D eigenvalue weighted by Crippen LogP contribution is -2.11. The summed E-state index contributed by atoms with van der Waals surface area (Å²) in [7, 11) is 1.65. The molecule has 0 amide bonds. The van der Waals surface area contributed by atoms with Gasteiger partial charge in [-0.15, -0.1) is 0 Å². The molecule has 0 aliphatic carbocycles. The van der Waals surface area contributed by atoms with Crippen LogP contribution in [0.5, 0.6) is 5.75 Å². The molecule has 1 aromatic heterocycles. The number of hydrogen-bond donors (Lipinski definition) is 1. The van der Waals surface area contributed by atoms with Crippen molar-refractivity contribution in [2.75, 3.05) is 12.8 Å². The monoisotopic (exact) mass is 295 g/mol. The first kappa shape index (κ1) is 12.0. The molecule has 17 heavy (non-hydrogen) atoms.